The number of rotatable bonds is 2. The van der Waals surface area contributed by atoms with Crippen LogP contribution >= 0.6 is 11.3 Å². The number of aromatic nitrogens is 3. The molecule has 1 aliphatic rings. The van der Waals surface area contributed by atoms with E-state index in [2.05, 4.69) is 15.3 Å². The first-order valence-electron chi connectivity index (χ1n) is 8.33. The van der Waals surface area contributed by atoms with Crippen LogP contribution < -0.4 is 5.32 Å². The number of carbonyl (C=O) groups is 2. The number of amides is 1. The number of ketones is 1. The van der Waals surface area contributed by atoms with Crippen molar-refractivity contribution in [2.45, 2.75) is 18.9 Å². The summed E-state index contributed by atoms with van der Waals surface area (Å²) in [5.74, 6) is -0.786. The van der Waals surface area contributed by atoms with Crippen LogP contribution in [0.1, 0.15) is 18.2 Å². The molecule has 0 aliphatic carbocycles. The largest absolute Gasteiger partial charge is 0.326 e. The fourth-order valence-corrected chi connectivity index (χ4v) is 4.19. The molecule has 7 heteroatoms. The molecule has 0 radical (unpaired) electrons. The number of carbonyl (C=O) groups excluding carboxylic acids is 2. The van der Waals surface area contributed by atoms with E-state index in [4.69, 9.17) is 0 Å². The molecule has 26 heavy (non-hydrogen) atoms. The van der Waals surface area contributed by atoms with Gasteiger partial charge in [-0.25, -0.2) is 9.97 Å². The highest BCUT2D eigenvalue weighted by Crippen LogP contribution is 2.30. The van der Waals surface area contributed by atoms with Gasteiger partial charge in [-0.3, -0.25) is 9.59 Å². The van der Waals surface area contributed by atoms with E-state index in [1.165, 1.54) is 11.3 Å². The number of hydrogen-bond acceptors (Lipinski definition) is 5. The number of thiazole rings is 1. The number of hydrogen-bond donors (Lipinski definition) is 1. The fraction of sp³-hybridized carbons (Fsp3) is 0.158. The number of para-hydroxylation sites is 2. The number of anilines is 1. The number of benzene rings is 2. The Hall–Kier alpha value is -3.06. The van der Waals surface area contributed by atoms with Crippen molar-refractivity contribution in [2.75, 3.05) is 5.32 Å². The van der Waals surface area contributed by atoms with Crippen molar-refractivity contribution >= 4 is 50.0 Å². The molecular formula is C19H14N4O2S. The lowest BCUT2D eigenvalue weighted by Gasteiger charge is -2.22. The van der Waals surface area contributed by atoms with E-state index >= 15 is 0 Å². The predicted molar refractivity (Wildman–Crippen MR) is 100 cm³/mol. The van der Waals surface area contributed by atoms with Gasteiger partial charge in [-0.2, -0.15) is 0 Å². The third kappa shape index (κ3) is 2.32. The molecule has 1 unspecified atom stereocenters. The van der Waals surface area contributed by atoms with E-state index in [1.807, 2.05) is 41.0 Å². The summed E-state index contributed by atoms with van der Waals surface area (Å²) >= 11 is 1.51. The van der Waals surface area contributed by atoms with Crippen molar-refractivity contribution in [1.82, 2.24) is 14.5 Å². The van der Waals surface area contributed by atoms with Crippen LogP contribution in [0.15, 0.2) is 48.0 Å². The van der Waals surface area contributed by atoms with Crippen LogP contribution in [0.2, 0.25) is 0 Å². The molecule has 0 spiro atoms. The molecule has 2 aromatic heterocycles. The van der Waals surface area contributed by atoms with Crippen LogP contribution in [-0.4, -0.2) is 26.2 Å². The summed E-state index contributed by atoms with van der Waals surface area (Å²) in [5, 5.41) is 2.88. The van der Waals surface area contributed by atoms with Gasteiger partial charge in [-0.1, -0.05) is 12.1 Å². The maximum atomic E-state index is 12.9. The summed E-state index contributed by atoms with van der Waals surface area (Å²) in [4.78, 5) is 34.2. The van der Waals surface area contributed by atoms with Crippen molar-refractivity contribution in [3.8, 4) is 0 Å². The quantitative estimate of drug-likeness (QED) is 0.555. The molecule has 0 fully saturated rings. The Balaban J connectivity index is 1.52. The first kappa shape index (κ1) is 15.2. The molecule has 5 rings (SSSR count). The van der Waals surface area contributed by atoms with Crippen LogP contribution in [0.25, 0.3) is 21.3 Å². The van der Waals surface area contributed by atoms with Crippen LogP contribution in [-0.2, 0) is 16.1 Å². The average Bonchev–Trinajstić information content (AvgIpc) is 3.24. The minimum Gasteiger partial charge on any atom is -0.326 e. The second kappa shape index (κ2) is 5.74. The highest BCUT2D eigenvalue weighted by molar-refractivity contribution is 7.16. The van der Waals surface area contributed by atoms with E-state index < -0.39 is 5.92 Å². The zero-order valence-corrected chi connectivity index (χ0v) is 14.5. The van der Waals surface area contributed by atoms with Crippen molar-refractivity contribution in [3.63, 3.8) is 0 Å². The lowest BCUT2D eigenvalue weighted by Crippen LogP contribution is -2.34. The summed E-state index contributed by atoms with van der Waals surface area (Å²) in [7, 11) is 0. The summed E-state index contributed by atoms with van der Waals surface area (Å²) in [5.41, 5.74) is 5.08. The number of Topliss-reactive ketones (excluding diaryl/α,β-unsaturated/α-hetero) is 1. The molecular weight excluding hydrogens is 348 g/mol. The summed E-state index contributed by atoms with van der Waals surface area (Å²) in [6.45, 7) is 0.561. The minimum atomic E-state index is -0.881. The first-order chi connectivity index (χ1) is 12.7. The predicted octanol–water partition coefficient (Wildman–Crippen LogP) is 3.34. The Morgan fingerprint density at radius 2 is 2.08 bits per heavy atom. The maximum absolute atomic E-state index is 12.9. The second-order valence-corrected chi connectivity index (χ2v) is 7.17. The Labute approximate surface area is 152 Å². The van der Waals surface area contributed by atoms with Gasteiger partial charge in [0.25, 0.3) is 0 Å². The third-order valence-corrected chi connectivity index (χ3v) is 5.50. The molecule has 128 valence electrons. The molecule has 6 nitrogen and oxygen atoms in total. The Kier molecular flexibility index (Phi) is 3.36. The molecule has 1 N–H and O–H groups in total. The molecule has 3 heterocycles. The Morgan fingerprint density at radius 1 is 1.19 bits per heavy atom. The smallest absolute Gasteiger partial charge is 0.242 e. The van der Waals surface area contributed by atoms with Gasteiger partial charge in [0.05, 0.1) is 26.8 Å². The van der Waals surface area contributed by atoms with Gasteiger partial charge in [-0.15, -0.1) is 11.3 Å². The van der Waals surface area contributed by atoms with E-state index in [-0.39, 0.29) is 11.7 Å². The molecule has 1 atom stereocenters. The summed E-state index contributed by atoms with van der Waals surface area (Å²) < 4.78 is 2.97. The third-order valence-electron chi connectivity index (χ3n) is 4.71. The lowest BCUT2D eigenvalue weighted by molar-refractivity contribution is -0.128. The summed E-state index contributed by atoms with van der Waals surface area (Å²) in [6, 6.07) is 13.2. The van der Waals surface area contributed by atoms with Crippen LogP contribution in [0.5, 0.6) is 0 Å². The molecule has 4 aromatic rings. The normalized spacial score (nSPS) is 16.8. The van der Waals surface area contributed by atoms with Gasteiger partial charge in [0.1, 0.15) is 5.82 Å². The number of imidazole rings is 1. The number of fused-ring (bicyclic) bond motifs is 4. The number of nitrogens with zero attached hydrogens (tertiary/aromatic N) is 3. The molecule has 0 bridgehead atoms. The second-order valence-electron chi connectivity index (χ2n) is 6.28. The molecule has 0 saturated carbocycles. The van der Waals surface area contributed by atoms with Crippen molar-refractivity contribution in [2.24, 2.45) is 0 Å². The zero-order valence-electron chi connectivity index (χ0n) is 13.7. The van der Waals surface area contributed by atoms with Gasteiger partial charge in [0.15, 0.2) is 11.7 Å². The number of nitrogens with one attached hydrogen (secondary N) is 1. The minimum absolute atomic E-state index is 0.0934. The van der Waals surface area contributed by atoms with Crippen LogP contribution in [0.3, 0.4) is 0 Å². The fourth-order valence-electron chi connectivity index (χ4n) is 3.47. The monoisotopic (exact) mass is 362 g/mol. The van der Waals surface area contributed by atoms with E-state index in [9.17, 15) is 9.59 Å². The maximum Gasteiger partial charge on any atom is 0.242 e. The van der Waals surface area contributed by atoms with Gasteiger partial charge in [0.2, 0.25) is 5.91 Å². The van der Waals surface area contributed by atoms with Gasteiger partial charge in [-0.05, 0) is 30.3 Å². The Morgan fingerprint density at radius 3 is 3.00 bits per heavy atom. The topological polar surface area (TPSA) is 76.9 Å². The van der Waals surface area contributed by atoms with Gasteiger partial charge < -0.3 is 9.88 Å². The molecule has 2 aromatic carbocycles. The van der Waals surface area contributed by atoms with Crippen molar-refractivity contribution < 1.29 is 9.59 Å². The molecule has 1 aliphatic heterocycles. The van der Waals surface area contributed by atoms with Crippen LogP contribution in [0.4, 0.5) is 5.69 Å². The Bertz CT molecular complexity index is 1180. The SMILES string of the molecule is O=C1CCn2c(nc3ccccc32)C1C(=O)Nc1ccc2ncsc2c1. The van der Waals surface area contributed by atoms with E-state index in [0.717, 1.165) is 21.3 Å². The van der Waals surface area contributed by atoms with E-state index in [1.54, 1.807) is 11.6 Å². The highest BCUT2D eigenvalue weighted by atomic mass is 32.1. The van der Waals surface area contributed by atoms with E-state index in [0.29, 0.717) is 24.5 Å². The zero-order chi connectivity index (χ0) is 17.7. The van der Waals surface area contributed by atoms with Gasteiger partial charge >= 0.3 is 0 Å². The van der Waals surface area contributed by atoms with Crippen molar-refractivity contribution in [3.05, 3.63) is 53.8 Å². The average molecular weight is 362 g/mol. The van der Waals surface area contributed by atoms with Crippen molar-refractivity contribution in [1.29, 1.82) is 0 Å². The molecule has 0 saturated heterocycles. The van der Waals surface area contributed by atoms with Crippen LogP contribution in [0, 0.1) is 0 Å². The molecule has 1 amide bonds. The van der Waals surface area contributed by atoms with Gasteiger partial charge in [0, 0.05) is 18.7 Å². The first-order valence-corrected chi connectivity index (χ1v) is 9.21. The lowest BCUT2D eigenvalue weighted by atomic mass is 9.96. The number of aryl methyl sites for hydroxylation is 1. The summed E-state index contributed by atoms with van der Waals surface area (Å²) in [6.07, 6.45) is 0.333. The highest BCUT2D eigenvalue weighted by Gasteiger charge is 2.36. The standard InChI is InChI=1S/C19H14N4O2S/c24-15-7-8-23-14-4-2-1-3-12(14)22-18(23)17(15)19(25)21-11-5-6-13-16(9-11)26-10-20-13/h1-6,9-10,17H,7-8H2,(H,21,25).